The van der Waals surface area contributed by atoms with E-state index in [2.05, 4.69) is 15.3 Å². The van der Waals surface area contributed by atoms with E-state index < -0.39 is 11.2 Å². The van der Waals surface area contributed by atoms with Gasteiger partial charge in [0.25, 0.3) is 4.90 Å². The lowest BCUT2D eigenvalue weighted by atomic mass is 10.2. The number of methoxy groups -OCH3 is 1. The van der Waals surface area contributed by atoms with Crippen LogP contribution in [0.25, 0.3) is 0 Å². The van der Waals surface area contributed by atoms with Gasteiger partial charge in [-0.3, -0.25) is 0 Å². The summed E-state index contributed by atoms with van der Waals surface area (Å²) < 4.78 is 14.8. The van der Waals surface area contributed by atoms with Crippen molar-refractivity contribution in [1.29, 1.82) is 0 Å². The molecule has 0 radical (unpaired) electrons. The lowest BCUT2D eigenvalue weighted by Crippen LogP contribution is -2.31. The van der Waals surface area contributed by atoms with Gasteiger partial charge in [0.1, 0.15) is 5.69 Å². The predicted octanol–water partition coefficient (Wildman–Crippen LogP) is 1.39. The average Bonchev–Trinajstić information content (AvgIpc) is 3.05. The van der Waals surface area contributed by atoms with Gasteiger partial charge in [-0.1, -0.05) is 0 Å². The Kier molecular flexibility index (Phi) is 4.10. The summed E-state index contributed by atoms with van der Waals surface area (Å²) in [5.41, 5.74) is 0.811. The van der Waals surface area contributed by atoms with Gasteiger partial charge in [-0.25, -0.2) is 9.78 Å². The van der Waals surface area contributed by atoms with Gasteiger partial charge >= 0.3 is 6.09 Å². The summed E-state index contributed by atoms with van der Waals surface area (Å²) in [4.78, 5) is 22.3. The van der Waals surface area contributed by atoms with Gasteiger partial charge in [-0.05, 0) is 18.0 Å². The number of halogens is 1. The number of hydrogen-bond acceptors (Lipinski definition) is 6. The minimum absolute atomic E-state index is 0.0665. The topological polar surface area (TPSA) is 87.6 Å². The van der Waals surface area contributed by atoms with E-state index in [4.69, 9.17) is 16.3 Å². The van der Waals surface area contributed by atoms with E-state index in [1.165, 1.54) is 7.11 Å². The van der Waals surface area contributed by atoms with Gasteiger partial charge < -0.3 is 15.0 Å². The molecule has 2 aliphatic heterocycles. The molecule has 2 atom stereocenters. The van der Waals surface area contributed by atoms with Gasteiger partial charge in [0, 0.05) is 25.6 Å². The molecule has 3 rings (SSSR count). The fraction of sp³-hybridized carbons (Fsp3) is 0.583. The fourth-order valence-corrected chi connectivity index (χ4v) is 4.17. The van der Waals surface area contributed by atoms with Crippen molar-refractivity contribution >= 4 is 34.7 Å². The molecule has 1 aromatic heterocycles. The maximum absolute atomic E-state index is 11.5. The molecule has 21 heavy (non-hydrogen) atoms. The largest absolute Gasteiger partial charge is 0.453 e. The third-order valence-electron chi connectivity index (χ3n) is 3.64. The molecule has 0 spiro atoms. The van der Waals surface area contributed by atoms with Crippen molar-refractivity contribution in [3.8, 4) is 0 Å². The van der Waals surface area contributed by atoms with Crippen LogP contribution in [0.4, 0.5) is 10.6 Å². The Hall–Kier alpha value is -1.25. The highest BCUT2D eigenvalue weighted by molar-refractivity contribution is 7.92. The molecule has 9 heteroatoms. The number of hydrogen-bond donors (Lipinski definition) is 2. The Morgan fingerprint density at radius 3 is 3.14 bits per heavy atom. The summed E-state index contributed by atoms with van der Waals surface area (Å²) in [6.07, 6.45) is 1.18. The lowest BCUT2D eigenvalue weighted by Gasteiger charge is -2.16. The average molecular weight is 332 g/mol. The van der Waals surface area contributed by atoms with Crippen LogP contribution in [-0.2, 0) is 22.3 Å². The minimum atomic E-state index is -0.838. The van der Waals surface area contributed by atoms with E-state index in [0.29, 0.717) is 31.1 Å². The standard InChI is InChI=1S/C12H16ClN4O3S/c1-20-12(18)17-4-2-7(6-17)14-10-9-8(3-5-21(9)19)15-11(13)16-10/h7,19H,2-6H2,1H3,(H,14,15,16)/q+1/t7-,21?/m0/s1. The third-order valence-corrected chi connectivity index (χ3v) is 5.30. The lowest BCUT2D eigenvalue weighted by molar-refractivity contribution is 0.132. The molecule has 1 saturated heterocycles. The smallest absolute Gasteiger partial charge is 0.409 e. The van der Waals surface area contributed by atoms with Crippen LogP contribution in [0.2, 0.25) is 5.28 Å². The molecule has 7 nitrogen and oxygen atoms in total. The molecule has 3 heterocycles. The number of aromatic nitrogens is 2. The number of rotatable bonds is 2. The molecule has 1 unspecified atom stereocenters. The van der Waals surface area contributed by atoms with Crippen LogP contribution in [0.15, 0.2) is 4.90 Å². The first-order valence-corrected chi connectivity index (χ1v) is 8.37. The van der Waals surface area contributed by atoms with Crippen LogP contribution in [0.5, 0.6) is 0 Å². The highest BCUT2D eigenvalue weighted by Crippen LogP contribution is 2.32. The Morgan fingerprint density at radius 2 is 2.38 bits per heavy atom. The molecule has 2 aliphatic rings. The molecular weight excluding hydrogens is 316 g/mol. The normalized spacial score (nSPS) is 24.0. The second-order valence-corrected chi connectivity index (χ2v) is 6.87. The maximum atomic E-state index is 11.5. The van der Waals surface area contributed by atoms with E-state index in [0.717, 1.165) is 17.0 Å². The number of carbonyl (C=O) groups excluding carboxylic acids is 1. The highest BCUT2D eigenvalue weighted by atomic mass is 35.5. The summed E-state index contributed by atoms with van der Waals surface area (Å²) >= 11 is 5.10. The zero-order valence-corrected chi connectivity index (χ0v) is 13.1. The summed E-state index contributed by atoms with van der Waals surface area (Å²) in [7, 11) is 1.37. The van der Waals surface area contributed by atoms with Crippen molar-refractivity contribution in [2.45, 2.75) is 23.8 Å². The number of nitrogens with one attached hydrogen (secondary N) is 1. The summed E-state index contributed by atoms with van der Waals surface area (Å²) in [5.74, 6) is 1.25. The predicted molar refractivity (Wildman–Crippen MR) is 79.9 cm³/mol. The molecular formula is C12H16ClN4O3S+. The van der Waals surface area contributed by atoms with Gasteiger partial charge in [-0.2, -0.15) is 9.54 Å². The number of ether oxygens (including phenoxy) is 1. The van der Waals surface area contributed by atoms with Crippen LogP contribution >= 0.6 is 11.6 Å². The van der Waals surface area contributed by atoms with Crippen molar-refractivity contribution in [2.24, 2.45) is 0 Å². The monoisotopic (exact) mass is 331 g/mol. The van der Waals surface area contributed by atoms with E-state index >= 15 is 0 Å². The molecule has 0 aromatic carbocycles. The van der Waals surface area contributed by atoms with Crippen LogP contribution < -0.4 is 5.32 Å². The summed E-state index contributed by atoms with van der Waals surface area (Å²) in [6.45, 7) is 1.18. The maximum Gasteiger partial charge on any atom is 0.409 e. The van der Waals surface area contributed by atoms with E-state index in [1.54, 1.807) is 4.90 Å². The molecule has 0 aliphatic carbocycles. The Balaban J connectivity index is 1.76. The summed E-state index contributed by atoms with van der Waals surface area (Å²) in [6, 6.07) is 0.0665. The Labute approximate surface area is 130 Å². The molecule has 114 valence electrons. The van der Waals surface area contributed by atoms with Crippen molar-refractivity contribution in [1.82, 2.24) is 14.9 Å². The minimum Gasteiger partial charge on any atom is -0.453 e. The SMILES string of the molecule is COC(=O)N1CC[C@H](Nc2nc(Cl)nc3c2[S+](O)CC3)C1. The van der Waals surface area contributed by atoms with Gasteiger partial charge in [0.2, 0.25) is 5.28 Å². The number of aryl methyl sites for hydroxylation is 1. The molecule has 1 fully saturated rings. The molecule has 0 bridgehead atoms. The fourth-order valence-electron chi connectivity index (χ4n) is 2.64. The van der Waals surface area contributed by atoms with Crippen LogP contribution in [-0.4, -0.2) is 57.5 Å². The number of fused-ring (bicyclic) bond motifs is 1. The molecule has 1 amide bonds. The van der Waals surface area contributed by atoms with E-state index in [9.17, 15) is 9.35 Å². The second-order valence-electron chi connectivity index (χ2n) is 4.98. The quantitative estimate of drug-likeness (QED) is 0.629. The van der Waals surface area contributed by atoms with Crippen LogP contribution in [0.3, 0.4) is 0 Å². The van der Waals surface area contributed by atoms with E-state index in [1.807, 2.05) is 0 Å². The van der Waals surface area contributed by atoms with Gasteiger partial charge in [-0.15, -0.1) is 0 Å². The number of likely N-dealkylation sites (tertiary alicyclic amines) is 1. The number of nitrogens with zero attached hydrogens (tertiary/aromatic N) is 3. The highest BCUT2D eigenvalue weighted by Gasteiger charge is 2.39. The van der Waals surface area contributed by atoms with Crippen LogP contribution in [0, 0.1) is 0 Å². The zero-order valence-electron chi connectivity index (χ0n) is 11.5. The third kappa shape index (κ3) is 2.88. The molecule has 0 saturated carbocycles. The van der Waals surface area contributed by atoms with E-state index in [-0.39, 0.29) is 17.4 Å². The Bertz CT molecular complexity index is 574. The zero-order chi connectivity index (χ0) is 15.0. The first-order valence-electron chi connectivity index (χ1n) is 6.64. The van der Waals surface area contributed by atoms with Crippen LogP contribution in [0.1, 0.15) is 12.1 Å². The first kappa shape index (κ1) is 14.7. The first-order chi connectivity index (χ1) is 10.1. The van der Waals surface area contributed by atoms with Gasteiger partial charge in [0.05, 0.1) is 7.11 Å². The van der Waals surface area contributed by atoms with Crippen molar-refractivity contribution < 1.29 is 14.1 Å². The second kappa shape index (κ2) is 5.86. The van der Waals surface area contributed by atoms with Gasteiger partial charge in [0.15, 0.2) is 22.7 Å². The Morgan fingerprint density at radius 1 is 1.57 bits per heavy atom. The van der Waals surface area contributed by atoms with Crippen molar-refractivity contribution in [2.75, 3.05) is 31.3 Å². The summed E-state index contributed by atoms with van der Waals surface area (Å²) in [5, 5.41) is 3.46. The number of carbonyl (C=O) groups is 1. The number of anilines is 1. The molecule has 2 N–H and O–H groups in total. The van der Waals surface area contributed by atoms with Crippen molar-refractivity contribution in [3.05, 3.63) is 11.0 Å². The molecule has 1 aromatic rings. The number of amides is 1. The van der Waals surface area contributed by atoms with Crippen molar-refractivity contribution in [3.63, 3.8) is 0 Å².